The minimum atomic E-state index is -4.66. The predicted octanol–water partition coefficient (Wildman–Crippen LogP) is 25.2. The lowest BCUT2D eigenvalue weighted by Crippen LogP contribution is -2.37. The number of esters is 2. The number of carbonyl (C=O) groups excluding carboxylic acids is 2. The van der Waals surface area contributed by atoms with Crippen molar-refractivity contribution in [1.82, 2.24) is 0 Å². The first kappa shape index (κ1) is 91.1. The highest BCUT2D eigenvalue weighted by Gasteiger charge is 2.22. The van der Waals surface area contributed by atoms with E-state index in [-0.39, 0.29) is 32.0 Å². The molecule has 0 heterocycles. The lowest BCUT2D eigenvalue weighted by Gasteiger charge is -2.28. The topological polar surface area (TPSA) is 111 Å². The van der Waals surface area contributed by atoms with E-state index >= 15 is 0 Å². The van der Waals surface area contributed by atoms with E-state index < -0.39 is 26.5 Å². The minimum Gasteiger partial charge on any atom is -0.756 e. The van der Waals surface area contributed by atoms with Crippen molar-refractivity contribution in [1.29, 1.82) is 0 Å². The zero-order chi connectivity index (χ0) is 69.7. The third kappa shape index (κ3) is 78.1. The Hall–Kier alpha value is -4.89. The van der Waals surface area contributed by atoms with Crippen molar-refractivity contribution in [3.05, 3.63) is 182 Å². The molecule has 0 fully saturated rings. The number of rotatable bonds is 69. The smallest absolute Gasteiger partial charge is 0.306 e. The maximum absolute atomic E-state index is 12.9. The SMILES string of the molecule is CC/C=C\C/C=C\C/C=C\C/C=C\C/C=C\C/C=C\C/C=C\C/C=C\CCCCCCCCCCCCCCCCC(=O)OC(COC(=O)CCCCCCCCCCCCC/C=C\C/C=C\C/C=C\C/C=C\C/C=C\C/C=C\C/C=C\CC)COP(=O)([O-])OCC[N+](C)(C)C. The Bertz CT molecular complexity index is 2280. The van der Waals surface area contributed by atoms with Gasteiger partial charge in [0, 0.05) is 12.8 Å². The molecule has 0 spiro atoms. The number of quaternary nitrogens is 1. The van der Waals surface area contributed by atoms with Crippen LogP contribution in [0.2, 0.25) is 0 Å². The third-order valence-corrected chi connectivity index (χ3v) is 16.9. The number of ether oxygens (including phenoxy) is 2. The fourth-order valence-electron chi connectivity index (χ4n) is 10.1. The van der Waals surface area contributed by atoms with Crippen molar-refractivity contribution >= 4 is 19.8 Å². The molecule has 96 heavy (non-hydrogen) atoms. The number of allylic oxidation sites excluding steroid dienone is 30. The molecular formula is C86H142NO8P. The average Bonchev–Trinajstić information content (AvgIpc) is 1.98. The molecule has 0 N–H and O–H groups in total. The first-order valence-corrected chi connectivity index (χ1v) is 40.0. The fraction of sp³-hybridized carbons (Fsp3) is 0.628. The van der Waals surface area contributed by atoms with Crippen molar-refractivity contribution in [3.8, 4) is 0 Å². The quantitative estimate of drug-likeness (QED) is 0.0195. The normalized spacial score (nSPS) is 14.1. The molecule has 0 rings (SSSR count). The Kier molecular flexibility index (Phi) is 70.5. The molecule has 544 valence electrons. The zero-order valence-electron chi connectivity index (χ0n) is 62.0. The Labute approximate surface area is 591 Å². The van der Waals surface area contributed by atoms with E-state index in [4.69, 9.17) is 18.5 Å². The molecule has 0 saturated carbocycles. The molecule has 2 atom stereocenters. The van der Waals surface area contributed by atoms with Crippen LogP contribution in [0.1, 0.15) is 296 Å². The van der Waals surface area contributed by atoms with Crippen LogP contribution in [0.3, 0.4) is 0 Å². The van der Waals surface area contributed by atoms with Gasteiger partial charge in [0.1, 0.15) is 19.8 Å². The van der Waals surface area contributed by atoms with Crippen LogP contribution in [-0.4, -0.2) is 70.0 Å². The van der Waals surface area contributed by atoms with E-state index in [0.717, 1.165) is 148 Å². The summed E-state index contributed by atoms with van der Waals surface area (Å²) < 4.78 is 34.4. The summed E-state index contributed by atoms with van der Waals surface area (Å²) in [5, 5.41) is 0. The summed E-state index contributed by atoms with van der Waals surface area (Å²) in [6, 6.07) is 0. The zero-order valence-corrected chi connectivity index (χ0v) is 62.9. The average molecular weight is 1350 g/mol. The van der Waals surface area contributed by atoms with Gasteiger partial charge in [0.15, 0.2) is 6.10 Å². The van der Waals surface area contributed by atoms with Crippen molar-refractivity contribution in [2.75, 3.05) is 47.5 Å². The first-order chi connectivity index (χ1) is 47.0. The van der Waals surface area contributed by atoms with Crippen LogP contribution in [0.25, 0.3) is 0 Å². The molecule has 0 bridgehead atoms. The van der Waals surface area contributed by atoms with E-state index in [1.165, 1.54) is 116 Å². The molecule has 0 saturated heterocycles. The molecule has 0 aromatic heterocycles. The number of nitrogens with zero attached hydrogens (tertiary/aromatic N) is 1. The van der Waals surface area contributed by atoms with Gasteiger partial charge in [-0.3, -0.25) is 14.2 Å². The molecule has 0 aliphatic heterocycles. The predicted molar refractivity (Wildman–Crippen MR) is 415 cm³/mol. The summed E-state index contributed by atoms with van der Waals surface area (Å²) in [4.78, 5) is 38.2. The van der Waals surface area contributed by atoms with E-state index in [0.29, 0.717) is 17.4 Å². The molecule has 9 nitrogen and oxygen atoms in total. The van der Waals surface area contributed by atoms with Gasteiger partial charge >= 0.3 is 11.9 Å². The second-order valence-corrected chi connectivity index (χ2v) is 27.7. The molecule has 0 aliphatic rings. The van der Waals surface area contributed by atoms with Crippen LogP contribution in [-0.2, 0) is 32.7 Å². The Balaban J connectivity index is 4.06. The van der Waals surface area contributed by atoms with Gasteiger partial charge in [-0.1, -0.05) is 331 Å². The van der Waals surface area contributed by atoms with Gasteiger partial charge in [-0.05, 0) is 135 Å². The van der Waals surface area contributed by atoms with E-state index in [1.54, 1.807) is 0 Å². The van der Waals surface area contributed by atoms with Crippen molar-refractivity contribution in [2.45, 2.75) is 302 Å². The van der Waals surface area contributed by atoms with Crippen LogP contribution in [0.15, 0.2) is 182 Å². The lowest BCUT2D eigenvalue weighted by molar-refractivity contribution is -0.870. The fourth-order valence-corrected chi connectivity index (χ4v) is 10.9. The van der Waals surface area contributed by atoms with E-state index in [9.17, 15) is 19.0 Å². The van der Waals surface area contributed by atoms with E-state index in [2.05, 4.69) is 196 Å². The number of likely N-dealkylation sites (N-methyl/N-ethyl adjacent to an activating group) is 1. The van der Waals surface area contributed by atoms with Crippen LogP contribution in [0, 0.1) is 0 Å². The highest BCUT2D eigenvalue weighted by Crippen LogP contribution is 2.38. The Morgan fingerprint density at radius 2 is 0.562 bits per heavy atom. The molecule has 0 aliphatic carbocycles. The van der Waals surface area contributed by atoms with Crippen molar-refractivity contribution in [3.63, 3.8) is 0 Å². The number of hydrogen-bond acceptors (Lipinski definition) is 8. The van der Waals surface area contributed by atoms with E-state index in [1.807, 2.05) is 21.1 Å². The van der Waals surface area contributed by atoms with Gasteiger partial charge in [-0.2, -0.15) is 0 Å². The van der Waals surface area contributed by atoms with Crippen LogP contribution in [0.5, 0.6) is 0 Å². The largest absolute Gasteiger partial charge is 0.756 e. The lowest BCUT2D eigenvalue weighted by atomic mass is 10.0. The summed E-state index contributed by atoms with van der Waals surface area (Å²) in [6.45, 7) is 4.01. The summed E-state index contributed by atoms with van der Waals surface area (Å²) >= 11 is 0. The standard InChI is InChI=1S/C86H142NO8P/c1-6-8-10-12-14-16-18-20-22-24-26-28-30-32-34-36-38-40-41-42-43-44-45-47-49-51-53-55-57-59-61-63-65-67-69-71-73-75-77-79-86(89)95-84(83-94-96(90,91)93-81-80-87(3,4)5)82-92-85(88)78-76-74-72-70-68-66-64-62-60-58-56-54-52-50-48-46-39-37-35-33-31-29-27-25-23-21-19-17-15-13-11-9-7-2/h8-11,14-17,20-23,26-29,32-35,38-40,42-43,45-47,50,52,84H,6-7,12-13,18-19,24-25,30-31,36-37,41,44,48-49,51,53-83H2,1-5H3/b10-8-,11-9-,16-14-,17-15-,22-20-,23-21-,28-26-,29-27-,34-32-,35-33-,40-38-,43-42-,46-39-,47-45-,52-50-. The molecular weight excluding hydrogens is 1210 g/mol. The summed E-state index contributed by atoms with van der Waals surface area (Å²) in [5.74, 6) is -0.841. The molecule has 0 amide bonds. The van der Waals surface area contributed by atoms with Gasteiger partial charge in [0.05, 0.1) is 27.7 Å². The maximum Gasteiger partial charge on any atom is 0.306 e. The van der Waals surface area contributed by atoms with Crippen molar-refractivity contribution < 1.29 is 42.1 Å². The number of phosphoric ester groups is 1. The Morgan fingerprint density at radius 1 is 0.323 bits per heavy atom. The number of unbranched alkanes of at least 4 members (excludes halogenated alkanes) is 25. The van der Waals surface area contributed by atoms with Crippen LogP contribution in [0.4, 0.5) is 0 Å². The first-order valence-electron chi connectivity index (χ1n) is 38.5. The number of phosphoric acid groups is 1. The van der Waals surface area contributed by atoms with Gasteiger partial charge in [0.2, 0.25) is 0 Å². The number of carbonyl (C=O) groups is 2. The van der Waals surface area contributed by atoms with Crippen LogP contribution >= 0.6 is 7.82 Å². The molecule has 0 aromatic rings. The summed E-state index contributed by atoms with van der Waals surface area (Å²) in [7, 11) is 1.15. The maximum atomic E-state index is 12.9. The highest BCUT2D eigenvalue weighted by atomic mass is 31.2. The molecule has 0 radical (unpaired) electrons. The molecule has 10 heteroatoms. The molecule has 2 unspecified atom stereocenters. The highest BCUT2D eigenvalue weighted by molar-refractivity contribution is 7.45. The number of hydrogen-bond donors (Lipinski definition) is 0. The molecule has 0 aromatic carbocycles. The summed E-state index contributed by atoms with van der Waals surface area (Å²) in [5.41, 5.74) is 0. The van der Waals surface area contributed by atoms with Gasteiger partial charge < -0.3 is 27.9 Å². The second-order valence-electron chi connectivity index (χ2n) is 26.3. The monoisotopic (exact) mass is 1350 g/mol. The Morgan fingerprint density at radius 3 is 0.833 bits per heavy atom. The van der Waals surface area contributed by atoms with Gasteiger partial charge in [-0.15, -0.1) is 0 Å². The summed E-state index contributed by atoms with van der Waals surface area (Å²) in [6.07, 6.45) is 114. The third-order valence-electron chi connectivity index (χ3n) is 15.9. The minimum absolute atomic E-state index is 0.0389. The van der Waals surface area contributed by atoms with Crippen LogP contribution < -0.4 is 4.89 Å². The second kappa shape index (κ2) is 74.3. The van der Waals surface area contributed by atoms with Gasteiger partial charge in [0.25, 0.3) is 7.82 Å². The van der Waals surface area contributed by atoms with Gasteiger partial charge in [-0.25, -0.2) is 0 Å². The van der Waals surface area contributed by atoms with Crippen molar-refractivity contribution in [2.24, 2.45) is 0 Å².